The van der Waals surface area contributed by atoms with E-state index < -0.39 is 0 Å². The van der Waals surface area contributed by atoms with Gasteiger partial charge in [-0.3, -0.25) is 4.90 Å². The van der Waals surface area contributed by atoms with Gasteiger partial charge in [-0.25, -0.2) is 0 Å². The summed E-state index contributed by atoms with van der Waals surface area (Å²) in [6.07, 6.45) is 4.95. The van der Waals surface area contributed by atoms with Crippen molar-refractivity contribution in [2.24, 2.45) is 5.73 Å². The summed E-state index contributed by atoms with van der Waals surface area (Å²) in [5.41, 5.74) is 8.95. The summed E-state index contributed by atoms with van der Waals surface area (Å²) < 4.78 is 0. The molecule has 1 fully saturated rings. The van der Waals surface area contributed by atoms with E-state index in [0.717, 1.165) is 32.0 Å². The van der Waals surface area contributed by atoms with Gasteiger partial charge >= 0.3 is 0 Å². The van der Waals surface area contributed by atoms with Gasteiger partial charge in [0.15, 0.2) is 0 Å². The molecule has 2 nitrogen and oxygen atoms in total. The summed E-state index contributed by atoms with van der Waals surface area (Å²) in [5, 5.41) is 4.43. The van der Waals surface area contributed by atoms with E-state index in [1.165, 1.54) is 24.0 Å². The molecule has 0 radical (unpaired) electrons. The van der Waals surface area contributed by atoms with Crippen molar-refractivity contribution < 1.29 is 0 Å². The minimum absolute atomic E-state index is 0.498. The van der Waals surface area contributed by atoms with Gasteiger partial charge in [-0.15, -0.1) is 0 Å². The molecule has 0 bridgehead atoms. The standard InChI is InChI=1S/C18H24N2S/c19-12-18(7-6-15-4-2-1-3-5-15)20(17-8-9-17)13-16-10-11-21-14-16/h1-5,10-11,14,17-18H,6-9,12-13,19H2. The van der Waals surface area contributed by atoms with Crippen LogP contribution in [0.5, 0.6) is 0 Å². The lowest BCUT2D eigenvalue weighted by Gasteiger charge is -2.31. The fourth-order valence-corrected chi connectivity index (χ4v) is 3.61. The first-order valence-corrected chi connectivity index (χ1v) is 8.82. The third-order valence-corrected chi connectivity index (χ3v) is 5.04. The molecular formula is C18H24N2S. The van der Waals surface area contributed by atoms with Crippen LogP contribution in [0.2, 0.25) is 0 Å². The van der Waals surface area contributed by atoms with Gasteiger partial charge in [0.2, 0.25) is 0 Å². The van der Waals surface area contributed by atoms with Crippen molar-refractivity contribution in [3.05, 3.63) is 58.3 Å². The first-order valence-electron chi connectivity index (χ1n) is 7.87. The molecule has 0 amide bonds. The van der Waals surface area contributed by atoms with E-state index in [-0.39, 0.29) is 0 Å². The van der Waals surface area contributed by atoms with E-state index in [1.807, 2.05) is 0 Å². The minimum atomic E-state index is 0.498. The maximum absolute atomic E-state index is 6.09. The molecule has 1 aliphatic carbocycles. The van der Waals surface area contributed by atoms with Gasteiger partial charge in [0.05, 0.1) is 0 Å². The predicted octanol–water partition coefficient (Wildman–Crippen LogP) is 3.67. The normalized spacial score (nSPS) is 16.3. The van der Waals surface area contributed by atoms with Crippen LogP contribution in [0.25, 0.3) is 0 Å². The molecule has 1 aromatic carbocycles. The van der Waals surface area contributed by atoms with E-state index in [0.29, 0.717) is 6.04 Å². The fourth-order valence-electron chi connectivity index (χ4n) is 2.95. The highest BCUT2D eigenvalue weighted by atomic mass is 32.1. The Bertz CT molecular complexity index is 519. The lowest BCUT2D eigenvalue weighted by molar-refractivity contribution is 0.172. The highest BCUT2D eigenvalue weighted by molar-refractivity contribution is 7.07. The summed E-state index contributed by atoms with van der Waals surface area (Å²) >= 11 is 1.79. The highest BCUT2D eigenvalue weighted by Crippen LogP contribution is 2.31. The van der Waals surface area contributed by atoms with Crippen LogP contribution in [0.4, 0.5) is 0 Å². The largest absolute Gasteiger partial charge is 0.329 e. The molecule has 0 spiro atoms. The van der Waals surface area contributed by atoms with Crippen molar-refractivity contribution in [2.75, 3.05) is 6.54 Å². The average Bonchev–Trinajstić information content (AvgIpc) is 3.24. The number of aryl methyl sites for hydroxylation is 1. The molecule has 1 heterocycles. The third-order valence-electron chi connectivity index (χ3n) is 4.31. The number of benzene rings is 1. The Morgan fingerprint density at radius 2 is 1.95 bits per heavy atom. The van der Waals surface area contributed by atoms with Crippen molar-refractivity contribution >= 4 is 11.3 Å². The van der Waals surface area contributed by atoms with Gasteiger partial charge in [0.1, 0.15) is 0 Å². The predicted molar refractivity (Wildman–Crippen MR) is 90.5 cm³/mol. The summed E-state index contributed by atoms with van der Waals surface area (Å²) in [6.45, 7) is 1.82. The van der Waals surface area contributed by atoms with Crippen molar-refractivity contribution in [3.63, 3.8) is 0 Å². The van der Waals surface area contributed by atoms with Crippen molar-refractivity contribution in [1.29, 1.82) is 0 Å². The summed E-state index contributed by atoms with van der Waals surface area (Å²) in [7, 11) is 0. The molecule has 112 valence electrons. The number of hydrogen-bond donors (Lipinski definition) is 1. The van der Waals surface area contributed by atoms with Crippen LogP contribution in [-0.4, -0.2) is 23.5 Å². The fraction of sp³-hybridized carbons (Fsp3) is 0.444. The summed E-state index contributed by atoms with van der Waals surface area (Å²) in [4.78, 5) is 2.64. The Labute approximate surface area is 131 Å². The van der Waals surface area contributed by atoms with Crippen LogP contribution in [0.3, 0.4) is 0 Å². The lowest BCUT2D eigenvalue weighted by atomic mass is 10.0. The van der Waals surface area contributed by atoms with Crippen molar-refractivity contribution in [1.82, 2.24) is 4.90 Å². The SMILES string of the molecule is NCC(CCc1ccccc1)N(Cc1ccsc1)C1CC1. The Morgan fingerprint density at radius 1 is 1.14 bits per heavy atom. The smallest absolute Gasteiger partial charge is 0.0248 e. The molecule has 2 N–H and O–H groups in total. The highest BCUT2D eigenvalue weighted by Gasteiger charge is 2.33. The van der Waals surface area contributed by atoms with Gasteiger partial charge in [-0.2, -0.15) is 11.3 Å². The molecule has 2 aromatic rings. The lowest BCUT2D eigenvalue weighted by Crippen LogP contribution is -2.41. The van der Waals surface area contributed by atoms with Crippen molar-refractivity contribution in [2.45, 2.75) is 44.3 Å². The first-order chi connectivity index (χ1) is 10.4. The quantitative estimate of drug-likeness (QED) is 0.806. The molecule has 1 aromatic heterocycles. The Balaban J connectivity index is 1.61. The van der Waals surface area contributed by atoms with Crippen molar-refractivity contribution in [3.8, 4) is 0 Å². The number of rotatable bonds is 8. The zero-order valence-corrected chi connectivity index (χ0v) is 13.3. The zero-order valence-electron chi connectivity index (χ0n) is 12.4. The van der Waals surface area contributed by atoms with Gasteiger partial charge < -0.3 is 5.73 Å². The number of nitrogens with zero attached hydrogens (tertiary/aromatic N) is 1. The number of nitrogens with two attached hydrogens (primary N) is 1. The van der Waals surface area contributed by atoms with Crippen LogP contribution < -0.4 is 5.73 Å². The van der Waals surface area contributed by atoms with E-state index in [9.17, 15) is 0 Å². The second-order valence-electron chi connectivity index (χ2n) is 5.95. The van der Waals surface area contributed by atoms with E-state index >= 15 is 0 Å². The van der Waals surface area contributed by atoms with E-state index in [2.05, 4.69) is 52.1 Å². The van der Waals surface area contributed by atoms with Crippen LogP contribution in [-0.2, 0) is 13.0 Å². The molecule has 0 aliphatic heterocycles. The van der Waals surface area contributed by atoms with Gasteiger partial charge in [-0.05, 0) is 53.6 Å². The van der Waals surface area contributed by atoms with Crippen LogP contribution in [0.15, 0.2) is 47.2 Å². The van der Waals surface area contributed by atoms with Crippen LogP contribution in [0, 0.1) is 0 Å². The second kappa shape index (κ2) is 7.21. The molecule has 0 saturated heterocycles. The first kappa shape index (κ1) is 14.8. The van der Waals surface area contributed by atoms with Gasteiger partial charge in [0.25, 0.3) is 0 Å². The Morgan fingerprint density at radius 3 is 2.57 bits per heavy atom. The topological polar surface area (TPSA) is 29.3 Å². The van der Waals surface area contributed by atoms with Crippen LogP contribution >= 0.6 is 11.3 Å². The summed E-state index contributed by atoms with van der Waals surface area (Å²) in [5.74, 6) is 0. The molecule has 1 unspecified atom stereocenters. The molecule has 3 rings (SSSR count). The maximum Gasteiger partial charge on any atom is 0.0248 e. The van der Waals surface area contributed by atoms with Crippen LogP contribution in [0.1, 0.15) is 30.4 Å². The average molecular weight is 300 g/mol. The summed E-state index contributed by atoms with van der Waals surface area (Å²) in [6, 6.07) is 14.3. The third kappa shape index (κ3) is 4.16. The zero-order chi connectivity index (χ0) is 14.5. The molecule has 3 heteroatoms. The monoisotopic (exact) mass is 300 g/mol. The van der Waals surface area contributed by atoms with Gasteiger partial charge in [-0.1, -0.05) is 30.3 Å². The number of hydrogen-bond acceptors (Lipinski definition) is 3. The Kier molecular flexibility index (Phi) is 5.07. The Hall–Kier alpha value is -1.16. The second-order valence-corrected chi connectivity index (χ2v) is 6.73. The van der Waals surface area contributed by atoms with E-state index in [1.54, 1.807) is 11.3 Å². The maximum atomic E-state index is 6.09. The van der Waals surface area contributed by atoms with E-state index in [4.69, 9.17) is 5.73 Å². The number of thiophene rings is 1. The molecule has 1 saturated carbocycles. The minimum Gasteiger partial charge on any atom is -0.329 e. The molecule has 1 atom stereocenters. The molecule has 1 aliphatic rings. The van der Waals surface area contributed by atoms with Gasteiger partial charge in [0, 0.05) is 25.2 Å². The molecule has 21 heavy (non-hydrogen) atoms. The molecular weight excluding hydrogens is 276 g/mol.